The topological polar surface area (TPSA) is 49.7 Å². The molecule has 1 aliphatic heterocycles. The van der Waals surface area contributed by atoms with Gasteiger partial charge >= 0.3 is 12.2 Å². The molecule has 0 bridgehead atoms. The van der Waals surface area contributed by atoms with Gasteiger partial charge in [-0.1, -0.05) is 0 Å². The van der Waals surface area contributed by atoms with Crippen molar-refractivity contribution in [2.45, 2.75) is 6.42 Å². The van der Waals surface area contributed by atoms with Crippen molar-refractivity contribution >= 4 is 12.2 Å². The Kier molecular flexibility index (Phi) is 1.74. The molecule has 0 radical (unpaired) electrons. The van der Waals surface area contributed by atoms with E-state index in [1.165, 1.54) is 0 Å². The Labute approximate surface area is 51.5 Å². The van der Waals surface area contributed by atoms with Crippen LogP contribution in [0, 0.1) is 0 Å². The lowest BCUT2D eigenvalue weighted by atomic mass is 10.5. The van der Waals surface area contributed by atoms with Crippen LogP contribution in [-0.4, -0.2) is 27.8 Å². The van der Waals surface area contributed by atoms with Crippen LogP contribution in [0.4, 0.5) is 0 Å². The molecule has 4 nitrogen and oxygen atoms in total. The first-order valence-corrected chi connectivity index (χ1v) is 3.05. The van der Waals surface area contributed by atoms with Crippen LogP contribution in [0.15, 0.2) is 0 Å². The molecule has 0 amide bonds. The van der Waals surface area contributed by atoms with Gasteiger partial charge < -0.3 is 0 Å². The van der Waals surface area contributed by atoms with Gasteiger partial charge in [0, 0.05) is 10.6 Å². The lowest BCUT2D eigenvalue weighted by Crippen LogP contribution is -2.37. The van der Waals surface area contributed by atoms with Crippen LogP contribution < -0.4 is 0 Å². The maximum atomic E-state index is 8.71. The van der Waals surface area contributed by atoms with Crippen molar-refractivity contribution < 1.29 is 18.8 Å². The predicted octanol–water partition coefficient (Wildman–Crippen LogP) is 0.565. The summed E-state index contributed by atoms with van der Waals surface area (Å²) in [6.45, 7) is 0.941. The number of quaternary nitrogens is 1. The maximum Gasteiger partial charge on any atom is 0.322 e. The van der Waals surface area contributed by atoms with Gasteiger partial charge in [0.1, 0.15) is 0 Å². The van der Waals surface area contributed by atoms with Gasteiger partial charge in [0.05, 0.1) is 6.61 Å². The Balaban J connectivity index is 2.33. The molecule has 0 unspecified atom stereocenters. The van der Waals surface area contributed by atoms with Crippen molar-refractivity contribution in [3.63, 3.8) is 0 Å². The fraction of sp³-hybridized carbons (Fsp3) is 1.00. The minimum absolute atomic E-state index is 0.338. The van der Waals surface area contributed by atoms with Gasteiger partial charge in [0.15, 0.2) is 6.54 Å². The van der Waals surface area contributed by atoms with E-state index in [-0.39, 0.29) is 0 Å². The van der Waals surface area contributed by atoms with Gasteiger partial charge in [-0.25, -0.2) is 0 Å². The smallest absolute Gasteiger partial charge is 0.262 e. The van der Waals surface area contributed by atoms with Crippen molar-refractivity contribution in [1.29, 1.82) is 0 Å². The molecule has 0 aromatic heterocycles. The third-order valence-corrected chi connectivity index (χ3v) is 1.54. The van der Waals surface area contributed by atoms with Crippen LogP contribution in [0.1, 0.15) is 6.42 Å². The maximum absolute atomic E-state index is 8.71. The van der Waals surface area contributed by atoms with Gasteiger partial charge in [-0.2, -0.15) is 10.4 Å². The van der Waals surface area contributed by atoms with E-state index >= 15 is 0 Å². The quantitative estimate of drug-likeness (QED) is 0.292. The number of nitrogens with zero attached hydrogens (tertiary/aromatic N) is 1. The Hall–Kier alpha value is 0.190. The highest BCUT2D eigenvalue weighted by molar-refractivity contribution is 7.88. The van der Waals surface area contributed by atoms with Gasteiger partial charge in [-0.05, 0) is 0 Å². The standard InChI is InChI=1S/C3H8NO3S/c5-4(6)2-1-3-7-8-4/h5-6H,1-3H2/q+1. The second kappa shape index (κ2) is 2.20. The molecule has 0 aromatic rings. The van der Waals surface area contributed by atoms with E-state index in [2.05, 4.69) is 4.18 Å². The largest absolute Gasteiger partial charge is 0.322 e. The lowest BCUT2D eigenvalue weighted by molar-refractivity contribution is -1.15. The average Bonchev–Trinajstić information content (AvgIpc) is 1.65. The first-order valence-electron chi connectivity index (χ1n) is 2.35. The van der Waals surface area contributed by atoms with Gasteiger partial charge in [-0.3, -0.25) is 4.18 Å². The van der Waals surface area contributed by atoms with Crippen molar-refractivity contribution in [3.05, 3.63) is 0 Å². The molecule has 0 atom stereocenters. The highest BCUT2D eigenvalue weighted by Crippen LogP contribution is 2.21. The molecule has 48 valence electrons. The first kappa shape index (κ1) is 6.31. The minimum Gasteiger partial charge on any atom is -0.262 e. The van der Waals surface area contributed by atoms with Crippen molar-refractivity contribution in [3.8, 4) is 0 Å². The van der Waals surface area contributed by atoms with Crippen LogP contribution in [0.25, 0.3) is 0 Å². The number of hydroxylamine groups is 2. The summed E-state index contributed by atoms with van der Waals surface area (Å²) in [6, 6.07) is 0. The summed E-state index contributed by atoms with van der Waals surface area (Å²) in [5.74, 6) is 0. The third kappa shape index (κ3) is 1.61. The van der Waals surface area contributed by atoms with Crippen LogP contribution >= 0.6 is 12.2 Å². The van der Waals surface area contributed by atoms with Gasteiger partial charge in [0.2, 0.25) is 0 Å². The lowest BCUT2D eigenvalue weighted by Gasteiger charge is -2.20. The highest BCUT2D eigenvalue weighted by Gasteiger charge is 2.30. The molecule has 0 saturated carbocycles. The molecular weight excluding hydrogens is 130 g/mol. The van der Waals surface area contributed by atoms with Crippen LogP contribution in [-0.2, 0) is 4.18 Å². The zero-order chi connectivity index (χ0) is 6.04. The molecule has 0 aromatic carbocycles. The summed E-state index contributed by atoms with van der Waals surface area (Å²) >= 11 is 0.669. The Bertz CT molecular complexity index is 78.6. The normalized spacial score (nSPS) is 27.8. The molecule has 2 N–H and O–H groups in total. The highest BCUT2D eigenvalue weighted by atomic mass is 32.2. The average molecular weight is 138 g/mol. The molecule has 1 saturated heterocycles. The number of hydrogen-bond acceptors (Lipinski definition) is 4. The second-order valence-electron chi connectivity index (χ2n) is 1.64. The molecule has 1 heterocycles. The first-order chi connectivity index (χ1) is 3.71. The van der Waals surface area contributed by atoms with Crippen LogP contribution in [0.5, 0.6) is 0 Å². The summed E-state index contributed by atoms with van der Waals surface area (Å²) < 4.78 is 3.62. The van der Waals surface area contributed by atoms with E-state index in [9.17, 15) is 0 Å². The molecule has 0 aliphatic carbocycles. The molecular formula is C3H8NO3S+. The van der Waals surface area contributed by atoms with E-state index in [0.29, 0.717) is 31.8 Å². The summed E-state index contributed by atoms with van der Waals surface area (Å²) in [4.78, 5) is 0. The Morgan fingerprint density at radius 3 is 2.50 bits per heavy atom. The Morgan fingerprint density at radius 2 is 2.25 bits per heavy atom. The number of rotatable bonds is 0. The second-order valence-corrected chi connectivity index (χ2v) is 2.61. The molecule has 0 spiro atoms. The van der Waals surface area contributed by atoms with Crippen molar-refractivity contribution in [2.75, 3.05) is 13.2 Å². The van der Waals surface area contributed by atoms with Crippen molar-refractivity contribution in [1.82, 2.24) is 0 Å². The SMILES string of the molecule is O[N+]1(O)CCCOS1. The number of hydrogen-bond donors (Lipinski definition) is 2. The zero-order valence-corrected chi connectivity index (χ0v) is 5.10. The molecule has 8 heavy (non-hydrogen) atoms. The van der Waals surface area contributed by atoms with Gasteiger partial charge in [0.25, 0.3) is 0 Å². The van der Waals surface area contributed by atoms with E-state index in [1.807, 2.05) is 0 Å². The van der Waals surface area contributed by atoms with Crippen LogP contribution in [0.3, 0.4) is 0 Å². The summed E-state index contributed by atoms with van der Waals surface area (Å²) in [5.41, 5.74) is 0. The molecule has 1 fully saturated rings. The third-order valence-electron chi connectivity index (χ3n) is 0.849. The Morgan fingerprint density at radius 1 is 1.50 bits per heavy atom. The van der Waals surface area contributed by atoms with Crippen LogP contribution in [0.2, 0.25) is 0 Å². The van der Waals surface area contributed by atoms with E-state index in [1.54, 1.807) is 0 Å². The monoisotopic (exact) mass is 138 g/mol. The molecule has 1 rings (SSSR count). The summed E-state index contributed by atoms with van der Waals surface area (Å²) in [5, 5.41) is 17.4. The van der Waals surface area contributed by atoms with Gasteiger partial charge in [-0.15, -0.1) is 0 Å². The summed E-state index contributed by atoms with van der Waals surface area (Å²) in [7, 11) is 0. The van der Waals surface area contributed by atoms with E-state index in [0.717, 1.165) is 0 Å². The minimum atomic E-state index is -1.06. The van der Waals surface area contributed by atoms with E-state index < -0.39 is 4.21 Å². The summed E-state index contributed by atoms with van der Waals surface area (Å²) in [6.07, 6.45) is 0.694. The zero-order valence-electron chi connectivity index (χ0n) is 4.28. The van der Waals surface area contributed by atoms with Crippen molar-refractivity contribution in [2.24, 2.45) is 0 Å². The fourth-order valence-corrected chi connectivity index (χ4v) is 1.05. The predicted molar refractivity (Wildman–Crippen MR) is 26.9 cm³/mol. The molecule has 5 heteroatoms. The van der Waals surface area contributed by atoms with E-state index in [4.69, 9.17) is 10.4 Å². The molecule has 1 aliphatic rings. The fourth-order valence-electron chi connectivity index (χ4n) is 0.488.